The van der Waals surface area contributed by atoms with Crippen molar-refractivity contribution < 1.29 is 38.0 Å². The first kappa shape index (κ1) is 21.2. The Morgan fingerprint density at radius 2 is 1.52 bits per heavy atom. The monoisotopic (exact) mass is 438 g/mol. The number of fused-ring (bicyclic) bond motifs is 4. The number of hydrogen-bond acceptors (Lipinski definition) is 5. The number of methoxy groups -OCH3 is 1. The average Bonchev–Trinajstić information content (AvgIpc) is 2.76. The van der Waals surface area contributed by atoms with Gasteiger partial charge < -0.3 is 4.74 Å². The van der Waals surface area contributed by atoms with Gasteiger partial charge in [0, 0.05) is 5.56 Å². The summed E-state index contributed by atoms with van der Waals surface area (Å²) in [5.41, 5.74) is 7.22. The lowest BCUT2D eigenvalue weighted by Gasteiger charge is -2.17. The standard InChI is InChI=1S/C24H19O2.ClHO4/c1-25-18-12-14-20-22(15-18)26-24-19-10-6-5-7-16(19)11-13-21(24)23(20)17-8-3-2-4-9-17;2-1(3,4)5/h2-10,12,14-15H,11,13H2,1H3;(H,2,3,4,5)/q+1;/p-1. The SMILES string of the molecule is COc1ccc2c(-c3ccccc3)c3c([o+]c2c1)-c1ccccc1CC3.[O-][Cl+3]([O-])([O-])[O-]. The van der Waals surface area contributed by atoms with Crippen molar-refractivity contribution in [3.8, 4) is 28.2 Å². The van der Waals surface area contributed by atoms with Crippen LogP contribution in [0.4, 0.5) is 0 Å². The smallest absolute Gasteiger partial charge is 0.365 e. The maximum atomic E-state index is 8.49. The van der Waals surface area contributed by atoms with Crippen LogP contribution in [0.3, 0.4) is 0 Å². The molecule has 1 aliphatic rings. The first-order chi connectivity index (χ1) is 14.8. The van der Waals surface area contributed by atoms with Gasteiger partial charge in [0.05, 0.1) is 29.7 Å². The first-order valence-electron chi connectivity index (χ1n) is 9.57. The fraction of sp³-hybridized carbons (Fsp3) is 0.125. The van der Waals surface area contributed by atoms with E-state index in [1.54, 1.807) is 7.11 Å². The predicted octanol–water partition coefficient (Wildman–Crippen LogP) is 1.40. The molecule has 0 unspecified atom stereocenters. The first-order valence-corrected chi connectivity index (χ1v) is 10.8. The van der Waals surface area contributed by atoms with Crippen molar-refractivity contribution in [1.82, 2.24) is 0 Å². The molecule has 0 spiro atoms. The molecule has 7 heteroatoms. The van der Waals surface area contributed by atoms with Gasteiger partial charge in [0.2, 0.25) is 0 Å². The zero-order valence-corrected chi connectivity index (χ0v) is 17.4. The van der Waals surface area contributed by atoms with Crippen LogP contribution in [0.25, 0.3) is 33.4 Å². The maximum Gasteiger partial charge on any atom is 0.365 e. The van der Waals surface area contributed by atoms with Gasteiger partial charge in [-0.15, -0.1) is 10.2 Å². The second kappa shape index (κ2) is 8.63. The molecule has 4 aromatic rings. The molecule has 158 valence electrons. The molecule has 0 atom stereocenters. The third-order valence-corrected chi connectivity index (χ3v) is 5.21. The van der Waals surface area contributed by atoms with Crippen LogP contribution in [-0.2, 0) is 12.8 Å². The van der Waals surface area contributed by atoms with Crippen LogP contribution in [0.5, 0.6) is 5.75 Å². The number of ether oxygens (including phenoxy) is 1. The Bertz CT molecular complexity index is 1210. The third-order valence-electron chi connectivity index (χ3n) is 5.21. The molecule has 0 saturated heterocycles. The van der Waals surface area contributed by atoms with Crippen LogP contribution in [-0.4, -0.2) is 7.11 Å². The summed E-state index contributed by atoms with van der Waals surface area (Å²) in [7, 11) is -3.26. The van der Waals surface area contributed by atoms with Gasteiger partial charge in [-0.3, -0.25) is 0 Å². The Morgan fingerprint density at radius 1 is 0.839 bits per heavy atom. The normalized spacial score (nSPS) is 12.4. The van der Waals surface area contributed by atoms with Gasteiger partial charge in [-0.1, -0.05) is 48.5 Å². The number of halogens is 1. The summed E-state index contributed by atoms with van der Waals surface area (Å²) in [6.45, 7) is 0. The molecule has 0 bridgehead atoms. The summed E-state index contributed by atoms with van der Waals surface area (Å²) in [5.74, 6) is 1.80. The van der Waals surface area contributed by atoms with Gasteiger partial charge in [-0.2, -0.15) is 0 Å². The highest BCUT2D eigenvalue weighted by atomic mass is 35.7. The highest BCUT2D eigenvalue weighted by Gasteiger charge is 2.32. The summed E-state index contributed by atoms with van der Waals surface area (Å²) < 4.78 is 45.8. The molecule has 0 saturated carbocycles. The molecule has 0 fully saturated rings. The lowest BCUT2D eigenvalue weighted by molar-refractivity contribution is -2.00. The van der Waals surface area contributed by atoms with E-state index >= 15 is 0 Å². The minimum absolute atomic E-state index is 0.810. The van der Waals surface area contributed by atoms with Gasteiger partial charge in [0.1, 0.15) is 5.75 Å². The summed E-state index contributed by atoms with van der Waals surface area (Å²) in [5, 5.41) is 1.13. The third kappa shape index (κ3) is 4.69. The molecule has 3 aromatic carbocycles. The Morgan fingerprint density at radius 3 is 2.23 bits per heavy atom. The second-order valence-electron chi connectivity index (χ2n) is 7.05. The van der Waals surface area contributed by atoms with Crippen molar-refractivity contribution in [2.45, 2.75) is 12.8 Å². The maximum absolute atomic E-state index is 8.49. The van der Waals surface area contributed by atoms with Gasteiger partial charge in [-0.05, 0) is 42.2 Å². The lowest BCUT2D eigenvalue weighted by Crippen LogP contribution is -2.68. The van der Waals surface area contributed by atoms with E-state index in [1.165, 1.54) is 27.8 Å². The van der Waals surface area contributed by atoms with Crippen molar-refractivity contribution >= 4 is 11.0 Å². The number of rotatable bonds is 2. The van der Waals surface area contributed by atoms with Crippen LogP contribution in [0.1, 0.15) is 11.1 Å². The molecule has 6 nitrogen and oxygen atoms in total. The quantitative estimate of drug-likeness (QED) is 0.437. The van der Waals surface area contributed by atoms with Crippen LogP contribution < -0.4 is 23.4 Å². The minimum atomic E-state index is -4.94. The Labute approximate surface area is 181 Å². The molecular formula is C24H19ClO6. The van der Waals surface area contributed by atoms with Crippen molar-refractivity contribution in [3.05, 3.63) is 83.9 Å². The van der Waals surface area contributed by atoms with E-state index in [-0.39, 0.29) is 0 Å². The molecule has 0 N–H and O–H groups in total. The summed E-state index contributed by atoms with van der Waals surface area (Å²) in [6, 6.07) is 25.3. The van der Waals surface area contributed by atoms with E-state index in [2.05, 4.69) is 60.7 Å². The zero-order chi connectivity index (χ0) is 22.0. The summed E-state index contributed by atoms with van der Waals surface area (Å²) in [6.07, 6.45) is 2.03. The fourth-order valence-corrected chi connectivity index (χ4v) is 3.98. The molecule has 0 radical (unpaired) electrons. The van der Waals surface area contributed by atoms with Crippen LogP contribution in [0, 0.1) is 10.2 Å². The van der Waals surface area contributed by atoms with E-state index in [1.807, 2.05) is 12.1 Å². The molecule has 1 heterocycles. The Balaban J connectivity index is 0.000000418. The van der Waals surface area contributed by atoms with E-state index in [4.69, 9.17) is 27.8 Å². The molecule has 31 heavy (non-hydrogen) atoms. The zero-order valence-electron chi connectivity index (χ0n) is 16.7. The number of hydrogen-bond donors (Lipinski definition) is 0. The van der Waals surface area contributed by atoms with Crippen LogP contribution in [0.2, 0.25) is 0 Å². The van der Waals surface area contributed by atoms with Crippen molar-refractivity contribution in [2.24, 2.45) is 0 Å². The Kier molecular flexibility index (Phi) is 5.91. The number of benzene rings is 3. The lowest BCUT2D eigenvalue weighted by atomic mass is 9.84. The molecule has 0 aliphatic heterocycles. The molecule has 1 aromatic heterocycles. The molecular weight excluding hydrogens is 420 g/mol. The van der Waals surface area contributed by atoms with Crippen LogP contribution in [0.15, 0.2) is 77.2 Å². The minimum Gasteiger partial charge on any atom is -0.496 e. The second-order valence-corrected chi connectivity index (χ2v) is 7.80. The Hall–Kier alpha value is -3.00. The largest absolute Gasteiger partial charge is 0.496 e. The topological polar surface area (TPSA) is 113 Å². The average molecular weight is 439 g/mol. The van der Waals surface area contributed by atoms with E-state index in [9.17, 15) is 0 Å². The van der Waals surface area contributed by atoms with Gasteiger partial charge in [0.15, 0.2) is 0 Å². The van der Waals surface area contributed by atoms with E-state index in [0.717, 1.165) is 35.3 Å². The van der Waals surface area contributed by atoms with Gasteiger partial charge in [-0.25, -0.2) is 23.1 Å². The summed E-state index contributed by atoms with van der Waals surface area (Å²) in [4.78, 5) is 0. The number of aryl methyl sites for hydroxylation is 1. The van der Waals surface area contributed by atoms with Crippen LogP contribution >= 0.6 is 0 Å². The van der Waals surface area contributed by atoms with Crippen molar-refractivity contribution in [2.75, 3.05) is 7.11 Å². The highest BCUT2D eigenvalue weighted by Crippen LogP contribution is 2.43. The molecule has 0 amide bonds. The van der Waals surface area contributed by atoms with E-state index < -0.39 is 10.2 Å². The fourth-order valence-electron chi connectivity index (χ4n) is 3.98. The molecule has 5 rings (SSSR count). The van der Waals surface area contributed by atoms with Crippen molar-refractivity contribution in [3.63, 3.8) is 0 Å². The van der Waals surface area contributed by atoms with Gasteiger partial charge in [0.25, 0.3) is 0 Å². The summed E-state index contributed by atoms with van der Waals surface area (Å²) >= 11 is 0. The van der Waals surface area contributed by atoms with Gasteiger partial charge >= 0.3 is 11.3 Å². The predicted molar refractivity (Wildman–Crippen MR) is 105 cm³/mol. The van der Waals surface area contributed by atoms with Crippen molar-refractivity contribution in [1.29, 1.82) is 0 Å². The highest BCUT2D eigenvalue weighted by molar-refractivity contribution is 5.98. The molecule has 1 aliphatic carbocycles. The van der Waals surface area contributed by atoms with E-state index in [0.29, 0.717) is 0 Å².